The molecule has 2 aromatic rings. The molecule has 1 heterocycles. The number of carbonyl (C=O) groups is 4. The number of aromatic nitrogens is 1. The summed E-state index contributed by atoms with van der Waals surface area (Å²) in [5.74, 6) is -1.42. The highest BCUT2D eigenvalue weighted by Gasteiger charge is 2.33. The lowest BCUT2D eigenvalue weighted by molar-refractivity contribution is -0.149. The third kappa shape index (κ3) is 10.2. The smallest absolute Gasteiger partial charge is 0.308 e. The predicted octanol–water partition coefficient (Wildman–Crippen LogP) is 5.45. The second kappa shape index (κ2) is 16.4. The number of benzene rings is 1. The Morgan fingerprint density at radius 1 is 0.976 bits per heavy atom. The molecule has 0 saturated heterocycles. The molecular formula is C32H47N3O6S. The molecule has 2 rings (SSSR count). The number of thiazole rings is 1. The summed E-state index contributed by atoms with van der Waals surface area (Å²) in [5, 5.41) is 5.17. The lowest BCUT2D eigenvalue weighted by Crippen LogP contribution is -2.44. The minimum Gasteiger partial charge on any atom is -0.469 e. The van der Waals surface area contributed by atoms with Crippen LogP contribution in [0.1, 0.15) is 88.5 Å². The number of nitrogens with one attached hydrogen (secondary N) is 1. The Morgan fingerprint density at radius 2 is 1.62 bits per heavy atom. The van der Waals surface area contributed by atoms with Crippen LogP contribution in [0.25, 0.3) is 0 Å². The largest absolute Gasteiger partial charge is 0.469 e. The third-order valence-electron chi connectivity index (χ3n) is 7.70. The van der Waals surface area contributed by atoms with Crippen LogP contribution >= 0.6 is 11.3 Å². The average molecular weight is 602 g/mol. The molecule has 2 amide bonds. The summed E-state index contributed by atoms with van der Waals surface area (Å²) in [5.41, 5.74) is 1.23. The number of amides is 2. The molecule has 1 aromatic heterocycles. The van der Waals surface area contributed by atoms with Crippen LogP contribution in [0.5, 0.6) is 0 Å². The summed E-state index contributed by atoms with van der Waals surface area (Å²) in [4.78, 5) is 57.0. The van der Waals surface area contributed by atoms with E-state index in [9.17, 15) is 19.2 Å². The third-order valence-corrected chi connectivity index (χ3v) is 8.64. The first-order valence-corrected chi connectivity index (χ1v) is 15.4. The number of nitrogens with zero attached hydrogens (tertiary/aromatic N) is 2. The molecule has 0 aliphatic rings. The molecule has 0 spiro atoms. The Balaban J connectivity index is 2.27. The van der Waals surface area contributed by atoms with E-state index < -0.39 is 18.0 Å². The zero-order valence-electron chi connectivity index (χ0n) is 26.4. The van der Waals surface area contributed by atoms with E-state index in [1.807, 2.05) is 65.0 Å². The first kappa shape index (κ1) is 34.9. The first-order valence-electron chi connectivity index (χ1n) is 14.6. The normalized spacial score (nSPS) is 14.9. The Bertz CT molecular complexity index is 1180. The van der Waals surface area contributed by atoms with E-state index >= 15 is 0 Å². The van der Waals surface area contributed by atoms with E-state index in [4.69, 9.17) is 9.47 Å². The van der Waals surface area contributed by atoms with Gasteiger partial charge in [-0.1, -0.05) is 71.9 Å². The monoisotopic (exact) mass is 601 g/mol. The van der Waals surface area contributed by atoms with Gasteiger partial charge in [-0.25, -0.2) is 4.98 Å². The maximum atomic E-state index is 13.3. The van der Waals surface area contributed by atoms with E-state index in [-0.39, 0.29) is 53.3 Å². The van der Waals surface area contributed by atoms with Crippen molar-refractivity contribution in [2.45, 2.75) is 85.9 Å². The van der Waals surface area contributed by atoms with Crippen LogP contribution in [-0.2, 0) is 30.3 Å². The fourth-order valence-corrected chi connectivity index (χ4v) is 5.72. The highest BCUT2D eigenvalue weighted by atomic mass is 32.1. The second-order valence-corrected chi connectivity index (χ2v) is 12.6. The minimum atomic E-state index is -0.717. The van der Waals surface area contributed by atoms with E-state index in [0.717, 1.165) is 5.56 Å². The van der Waals surface area contributed by atoms with Crippen molar-refractivity contribution in [3.8, 4) is 0 Å². The lowest BCUT2D eigenvalue weighted by atomic mass is 9.92. The van der Waals surface area contributed by atoms with Crippen molar-refractivity contribution in [3.05, 3.63) is 52.0 Å². The topological polar surface area (TPSA) is 115 Å². The molecule has 5 atom stereocenters. The van der Waals surface area contributed by atoms with E-state index in [1.165, 1.54) is 25.4 Å². The van der Waals surface area contributed by atoms with Gasteiger partial charge in [0.2, 0.25) is 5.91 Å². The Kier molecular flexibility index (Phi) is 13.6. The van der Waals surface area contributed by atoms with Gasteiger partial charge in [0.1, 0.15) is 10.7 Å². The fraction of sp³-hybridized carbons (Fsp3) is 0.594. The predicted molar refractivity (Wildman–Crippen MR) is 164 cm³/mol. The van der Waals surface area contributed by atoms with Gasteiger partial charge in [0.15, 0.2) is 6.10 Å². The van der Waals surface area contributed by atoms with E-state index in [1.54, 1.807) is 24.3 Å². The molecule has 0 aliphatic carbocycles. The summed E-state index contributed by atoms with van der Waals surface area (Å²) in [7, 11) is 3.14. The van der Waals surface area contributed by atoms with Crippen molar-refractivity contribution >= 4 is 35.1 Å². The SMILES string of the molecule is COC(=O)[C@@H](C)C[C@H](Cc1ccccc1)NC(=O)c1csc([C@@H](C[C@H](C(C)C)N(C)C(=O)[C@@H](C)C(C)C)OC(C)=O)n1. The highest BCUT2D eigenvalue weighted by molar-refractivity contribution is 7.09. The van der Waals surface area contributed by atoms with Crippen molar-refractivity contribution in [1.82, 2.24) is 15.2 Å². The number of hydrogen-bond donors (Lipinski definition) is 1. The van der Waals surface area contributed by atoms with Crippen molar-refractivity contribution in [2.24, 2.45) is 23.7 Å². The van der Waals surface area contributed by atoms with Gasteiger partial charge >= 0.3 is 11.9 Å². The van der Waals surface area contributed by atoms with Gasteiger partial charge in [-0.3, -0.25) is 19.2 Å². The Morgan fingerprint density at radius 3 is 2.17 bits per heavy atom. The molecule has 0 radical (unpaired) electrons. The summed E-state index contributed by atoms with van der Waals surface area (Å²) in [6.45, 7) is 13.1. The quantitative estimate of drug-likeness (QED) is 0.270. The molecule has 0 fully saturated rings. The minimum absolute atomic E-state index is 0.0371. The van der Waals surface area contributed by atoms with Gasteiger partial charge in [-0.05, 0) is 30.2 Å². The van der Waals surface area contributed by atoms with Gasteiger partial charge in [0.25, 0.3) is 5.91 Å². The number of rotatable bonds is 15. The van der Waals surface area contributed by atoms with Gasteiger partial charge in [-0.2, -0.15) is 0 Å². The van der Waals surface area contributed by atoms with Gasteiger partial charge in [-0.15, -0.1) is 11.3 Å². The van der Waals surface area contributed by atoms with E-state index in [2.05, 4.69) is 10.3 Å². The van der Waals surface area contributed by atoms with Crippen LogP contribution < -0.4 is 5.32 Å². The van der Waals surface area contributed by atoms with Crippen molar-refractivity contribution in [2.75, 3.05) is 14.2 Å². The zero-order valence-corrected chi connectivity index (χ0v) is 27.2. The summed E-state index contributed by atoms with van der Waals surface area (Å²) in [6.07, 6.45) is 0.565. The Hall–Kier alpha value is -3.27. The molecule has 0 saturated carbocycles. The van der Waals surface area contributed by atoms with Gasteiger partial charge in [0.05, 0.1) is 13.0 Å². The van der Waals surface area contributed by atoms with Crippen LogP contribution in [0.2, 0.25) is 0 Å². The standard InChI is InChI=1S/C32H47N3O6S/c1-19(2)22(6)31(38)35(8)27(20(3)4)17-28(41-23(7)36)30-34-26(18-42-30)29(37)33-25(15-21(5)32(39)40-9)16-24-13-11-10-12-14-24/h10-14,18-22,25,27-28H,15-17H2,1-9H3,(H,33,37)/t21-,22-,25+,27+,28+/m0/s1. The number of methoxy groups -OCH3 is 1. The molecule has 0 unspecified atom stereocenters. The second-order valence-electron chi connectivity index (χ2n) is 11.7. The molecule has 9 nitrogen and oxygen atoms in total. The lowest BCUT2D eigenvalue weighted by Gasteiger charge is -2.35. The summed E-state index contributed by atoms with van der Waals surface area (Å²) >= 11 is 1.24. The van der Waals surface area contributed by atoms with Crippen molar-refractivity contribution < 1.29 is 28.7 Å². The fourth-order valence-electron chi connectivity index (χ4n) is 4.88. The van der Waals surface area contributed by atoms with Crippen molar-refractivity contribution in [3.63, 3.8) is 0 Å². The Labute approximate surface area is 254 Å². The zero-order chi connectivity index (χ0) is 31.6. The molecule has 0 aliphatic heterocycles. The number of esters is 2. The van der Waals surface area contributed by atoms with Gasteiger partial charge < -0.3 is 19.7 Å². The molecule has 0 bridgehead atoms. The molecule has 10 heteroatoms. The number of ether oxygens (including phenoxy) is 2. The van der Waals surface area contributed by atoms with Crippen LogP contribution in [0.15, 0.2) is 35.7 Å². The average Bonchev–Trinajstić information content (AvgIpc) is 3.44. The highest BCUT2D eigenvalue weighted by Crippen LogP contribution is 2.31. The summed E-state index contributed by atoms with van der Waals surface area (Å²) < 4.78 is 10.6. The van der Waals surface area contributed by atoms with Crippen LogP contribution in [0.3, 0.4) is 0 Å². The van der Waals surface area contributed by atoms with Crippen molar-refractivity contribution in [1.29, 1.82) is 0 Å². The molecule has 1 aromatic carbocycles. The molecule has 42 heavy (non-hydrogen) atoms. The van der Waals surface area contributed by atoms with Gasteiger partial charge in [0, 0.05) is 43.8 Å². The molecular weight excluding hydrogens is 554 g/mol. The number of carbonyl (C=O) groups excluding carboxylic acids is 4. The van der Waals surface area contributed by atoms with E-state index in [0.29, 0.717) is 24.3 Å². The molecule has 232 valence electrons. The van der Waals surface area contributed by atoms with Crippen LogP contribution in [0, 0.1) is 23.7 Å². The number of hydrogen-bond acceptors (Lipinski definition) is 8. The maximum Gasteiger partial charge on any atom is 0.308 e. The first-order chi connectivity index (χ1) is 19.7. The maximum absolute atomic E-state index is 13.3. The summed E-state index contributed by atoms with van der Waals surface area (Å²) in [6, 6.07) is 9.18. The van der Waals surface area contributed by atoms with Crippen LogP contribution in [0.4, 0.5) is 0 Å². The molecule has 1 N–H and O–H groups in total. The van der Waals surface area contributed by atoms with Crippen LogP contribution in [-0.4, -0.2) is 59.9 Å².